The highest BCUT2D eigenvalue weighted by atomic mass is 16.6. The van der Waals surface area contributed by atoms with Gasteiger partial charge in [0.2, 0.25) is 0 Å². The number of nitro groups is 1. The van der Waals surface area contributed by atoms with Gasteiger partial charge in [0.05, 0.1) is 12.0 Å². The third kappa shape index (κ3) is 3.44. The minimum absolute atomic E-state index is 0.0800. The molecule has 0 radical (unpaired) electrons. The molecule has 6 nitrogen and oxygen atoms in total. The number of benzene rings is 1. The number of piperidine rings is 1. The lowest BCUT2D eigenvalue weighted by Gasteiger charge is -2.37. The van der Waals surface area contributed by atoms with Gasteiger partial charge in [-0.15, -0.1) is 0 Å². The van der Waals surface area contributed by atoms with Crippen LogP contribution in [0.15, 0.2) is 18.2 Å². The van der Waals surface area contributed by atoms with E-state index in [0.717, 1.165) is 32.4 Å². The summed E-state index contributed by atoms with van der Waals surface area (Å²) in [5.41, 5.74) is 0.761. The van der Waals surface area contributed by atoms with Gasteiger partial charge in [0, 0.05) is 12.6 Å². The van der Waals surface area contributed by atoms with Gasteiger partial charge in [-0.05, 0) is 51.4 Å². The Bertz CT molecular complexity index is 493. The lowest BCUT2D eigenvalue weighted by molar-refractivity contribution is -0.385. The van der Waals surface area contributed by atoms with Crippen LogP contribution in [-0.2, 0) is 0 Å². The van der Waals surface area contributed by atoms with E-state index in [-0.39, 0.29) is 10.6 Å². The van der Waals surface area contributed by atoms with Crippen LogP contribution in [-0.4, -0.2) is 38.2 Å². The van der Waals surface area contributed by atoms with Crippen molar-refractivity contribution in [3.8, 4) is 5.75 Å². The Morgan fingerprint density at radius 3 is 2.95 bits per heavy atom. The van der Waals surface area contributed by atoms with Crippen LogP contribution in [0.25, 0.3) is 0 Å². The summed E-state index contributed by atoms with van der Waals surface area (Å²) in [7, 11) is 3.40. The van der Waals surface area contributed by atoms with E-state index >= 15 is 0 Å². The first-order valence-corrected chi connectivity index (χ1v) is 7.41. The predicted octanol–water partition coefficient (Wildman–Crippen LogP) is 2.57. The van der Waals surface area contributed by atoms with Crippen LogP contribution in [0.1, 0.15) is 25.7 Å². The Labute approximate surface area is 125 Å². The van der Waals surface area contributed by atoms with Crippen molar-refractivity contribution in [3.63, 3.8) is 0 Å². The zero-order valence-corrected chi connectivity index (χ0v) is 12.7. The summed E-state index contributed by atoms with van der Waals surface area (Å²) in [5.74, 6) is 0.329. The van der Waals surface area contributed by atoms with Gasteiger partial charge in [0.15, 0.2) is 5.75 Å². The maximum absolute atomic E-state index is 11.5. The molecule has 21 heavy (non-hydrogen) atoms. The lowest BCUT2D eigenvalue weighted by atomic mass is 9.98. The molecule has 0 spiro atoms. The standard InChI is InChI=1S/C15H23N3O3/c1-16-10-9-12-6-3-4-11-17(12)13-7-5-8-14(21-2)15(13)18(19)20/h5,7-8,12,16H,3-4,6,9-11H2,1-2H3. The van der Waals surface area contributed by atoms with E-state index in [1.807, 2.05) is 19.2 Å². The highest BCUT2D eigenvalue weighted by Gasteiger charge is 2.30. The Kier molecular flexibility index (Phi) is 5.38. The zero-order valence-electron chi connectivity index (χ0n) is 12.7. The molecular formula is C15H23N3O3. The SMILES string of the molecule is CNCCC1CCCCN1c1cccc(OC)c1[N+](=O)[O-]. The summed E-state index contributed by atoms with van der Waals surface area (Å²) < 4.78 is 5.17. The maximum Gasteiger partial charge on any atom is 0.333 e. The van der Waals surface area contributed by atoms with Crippen molar-refractivity contribution in [2.24, 2.45) is 0 Å². The molecule has 1 fully saturated rings. The number of hydrogen-bond acceptors (Lipinski definition) is 5. The first-order valence-electron chi connectivity index (χ1n) is 7.41. The Morgan fingerprint density at radius 2 is 2.29 bits per heavy atom. The highest BCUT2D eigenvalue weighted by Crippen LogP contribution is 2.39. The summed E-state index contributed by atoms with van der Waals surface area (Å²) in [6, 6.07) is 5.65. The fraction of sp³-hybridized carbons (Fsp3) is 0.600. The number of methoxy groups -OCH3 is 1. The topological polar surface area (TPSA) is 67.6 Å². The molecule has 0 amide bonds. The summed E-state index contributed by atoms with van der Waals surface area (Å²) in [6.45, 7) is 1.78. The zero-order chi connectivity index (χ0) is 15.2. The van der Waals surface area contributed by atoms with E-state index in [9.17, 15) is 10.1 Å². The molecule has 116 valence electrons. The number of rotatable bonds is 6. The van der Waals surface area contributed by atoms with E-state index in [1.54, 1.807) is 6.07 Å². The first kappa shape index (κ1) is 15.6. The highest BCUT2D eigenvalue weighted by molar-refractivity contribution is 5.70. The molecule has 1 N–H and O–H groups in total. The fourth-order valence-corrected chi connectivity index (χ4v) is 3.02. The van der Waals surface area contributed by atoms with E-state index in [1.165, 1.54) is 13.5 Å². The second-order valence-corrected chi connectivity index (χ2v) is 5.32. The van der Waals surface area contributed by atoms with Gasteiger partial charge in [-0.1, -0.05) is 6.07 Å². The Balaban J connectivity index is 2.35. The van der Waals surface area contributed by atoms with Gasteiger partial charge in [-0.3, -0.25) is 10.1 Å². The average molecular weight is 293 g/mol. The second kappa shape index (κ2) is 7.26. The first-order chi connectivity index (χ1) is 10.2. The quantitative estimate of drug-likeness (QED) is 0.645. The maximum atomic E-state index is 11.5. The van der Waals surface area contributed by atoms with Crippen molar-refractivity contribution in [3.05, 3.63) is 28.3 Å². The van der Waals surface area contributed by atoms with Gasteiger partial charge >= 0.3 is 5.69 Å². The molecule has 6 heteroatoms. The number of para-hydroxylation sites is 1. The van der Waals surface area contributed by atoms with Gasteiger partial charge in [-0.2, -0.15) is 0 Å². The van der Waals surface area contributed by atoms with Crippen LogP contribution in [0.4, 0.5) is 11.4 Å². The van der Waals surface area contributed by atoms with Crippen LogP contribution < -0.4 is 15.0 Å². The molecule has 1 aromatic carbocycles. The number of anilines is 1. The van der Waals surface area contributed by atoms with Crippen molar-refractivity contribution >= 4 is 11.4 Å². The molecule has 1 atom stereocenters. The molecular weight excluding hydrogens is 270 g/mol. The van der Waals surface area contributed by atoms with E-state index in [2.05, 4.69) is 10.2 Å². The van der Waals surface area contributed by atoms with Gasteiger partial charge in [0.25, 0.3) is 0 Å². The summed E-state index contributed by atoms with van der Waals surface area (Å²) in [6.07, 6.45) is 4.33. The Hall–Kier alpha value is -1.82. The molecule has 0 aliphatic carbocycles. The minimum atomic E-state index is -0.335. The minimum Gasteiger partial charge on any atom is -0.490 e. The van der Waals surface area contributed by atoms with Crippen LogP contribution in [0.5, 0.6) is 5.75 Å². The number of nitrogens with zero attached hydrogens (tertiary/aromatic N) is 2. The van der Waals surface area contributed by atoms with Gasteiger partial charge in [0.1, 0.15) is 5.69 Å². The normalized spacial score (nSPS) is 18.6. The molecule has 0 bridgehead atoms. The molecule has 0 aromatic heterocycles. The fourth-order valence-electron chi connectivity index (χ4n) is 3.02. The summed E-state index contributed by atoms with van der Waals surface area (Å²) >= 11 is 0. The van der Waals surface area contributed by atoms with Crippen LogP contribution >= 0.6 is 0 Å². The molecule has 0 saturated carbocycles. The van der Waals surface area contributed by atoms with Crippen LogP contribution in [0.2, 0.25) is 0 Å². The van der Waals surface area contributed by atoms with Gasteiger partial charge in [-0.25, -0.2) is 0 Å². The monoisotopic (exact) mass is 293 g/mol. The third-order valence-electron chi connectivity index (χ3n) is 4.04. The molecule has 1 aliphatic rings. The number of ether oxygens (including phenoxy) is 1. The van der Waals surface area contributed by atoms with Gasteiger partial charge < -0.3 is 15.0 Å². The summed E-state index contributed by atoms with van der Waals surface area (Å²) in [5, 5.41) is 14.6. The van der Waals surface area contributed by atoms with Crippen molar-refractivity contribution in [1.82, 2.24) is 5.32 Å². The van der Waals surface area contributed by atoms with Crippen molar-refractivity contribution in [2.45, 2.75) is 31.7 Å². The molecule has 1 saturated heterocycles. The largest absolute Gasteiger partial charge is 0.490 e. The van der Waals surface area contributed by atoms with Crippen molar-refractivity contribution < 1.29 is 9.66 Å². The third-order valence-corrected chi connectivity index (χ3v) is 4.04. The van der Waals surface area contributed by atoms with Crippen molar-refractivity contribution in [2.75, 3.05) is 32.1 Å². The predicted molar refractivity (Wildman–Crippen MR) is 83.2 cm³/mol. The summed E-state index contributed by atoms with van der Waals surface area (Å²) in [4.78, 5) is 13.3. The number of hydrogen-bond donors (Lipinski definition) is 1. The smallest absolute Gasteiger partial charge is 0.333 e. The average Bonchev–Trinajstić information content (AvgIpc) is 2.52. The van der Waals surface area contributed by atoms with Crippen molar-refractivity contribution in [1.29, 1.82) is 0 Å². The molecule has 1 aromatic rings. The number of nitro benzene ring substituents is 1. The van der Waals surface area contributed by atoms with Crippen LogP contribution in [0.3, 0.4) is 0 Å². The lowest BCUT2D eigenvalue weighted by Crippen LogP contribution is -2.41. The molecule has 2 rings (SSSR count). The molecule has 1 heterocycles. The Morgan fingerprint density at radius 1 is 1.48 bits per heavy atom. The van der Waals surface area contributed by atoms with E-state index in [0.29, 0.717) is 17.5 Å². The number of nitrogens with one attached hydrogen (secondary N) is 1. The molecule has 1 unspecified atom stereocenters. The van der Waals surface area contributed by atoms with Crippen LogP contribution in [0, 0.1) is 10.1 Å². The van der Waals surface area contributed by atoms with E-state index in [4.69, 9.17) is 4.74 Å². The van der Waals surface area contributed by atoms with E-state index < -0.39 is 0 Å². The molecule has 1 aliphatic heterocycles. The second-order valence-electron chi connectivity index (χ2n) is 5.32.